The molecule has 0 saturated carbocycles. The maximum Gasteiger partial charge on any atom is 0.229 e. The van der Waals surface area contributed by atoms with Crippen LogP contribution >= 0.6 is 15.9 Å². The SMILES string of the molecule is CCC1CCCCN1c1ccnc(Nc2ccc(C)cc2Br)n1. The highest BCUT2D eigenvalue weighted by molar-refractivity contribution is 9.10. The minimum absolute atomic E-state index is 0.595. The summed E-state index contributed by atoms with van der Waals surface area (Å²) >= 11 is 3.59. The molecule has 1 atom stereocenters. The maximum atomic E-state index is 4.74. The van der Waals surface area contributed by atoms with Gasteiger partial charge in [-0.05, 0) is 72.3 Å². The zero-order chi connectivity index (χ0) is 16.2. The Hall–Kier alpha value is -1.62. The van der Waals surface area contributed by atoms with Crippen LogP contribution in [0.2, 0.25) is 0 Å². The van der Waals surface area contributed by atoms with Crippen molar-refractivity contribution < 1.29 is 0 Å². The predicted molar refractivity (Wildman–Crippen MR) is 99.5 cm³/mol. The van der Waals surface area contributed by atoms with Gasteiger partial charge in [0.2, 0.25) is 5.95 Å². The topological polar surface area (TPSA) is 41.1 Å². The van der Waals surface area contributed by atoms with Gasteiger partial charge in [-0.2, -0.15) is 4.98 Å². The first-order valence-corrected chi connectivity index (χ1v) is 9.09. The fourth-order valence-electron chi connectivity index (χ4n) is 3.14. The summed E-state index contributed by atoms with van der Waals surface area (Å²) in [4.78, 5) is 11.5. The first-order valence-electron chi connectivity index (χ1n) is 8.30. The summed E-state index contributed by atoms with van der Waals surface area (Å²) in [5, 5.41) is 3.32. The average molecular weight is 375 g/mol. The molecule has 1 saturated heterocycles. The van der Waals surface area contributed by atoms with Gasteiger partial charge in [0.05, 0.1) is 5.69 Å². The van der Waals surface area contributed by atoms with Crippen molar-refractivity contribution in [1.82, 2.24) is 9.97 Å². The van der Waals surface area contributed by atoms with E-state index in [1.165, 1.54) is 24.8 Å². The van der Waals surface area contributed by atoms with Crippen molar-refractivity contribution in [2.45, 2.75) is 45.6 Å². The highest BCUT2D eigenvalue weighted by Crippen LogP contribution is 2.28. The number of benzene rings is 1. The average Bonchev–Trinajstić information content (AvgIpc) is 2.58. The standard InChI is InChI=1S/C18H23BrN4/c1-3-14-6-4-5-11-23(14)17-9-10-20-18(22-17)21-16-8-7-13(2)12-15(16)19/h7-10,12,14H,3-6,11H2,1-2H3,(H,20,21,22). The zero-order valence-corrected chi connectivity index (χ0v) is 15.3. The Morgan fingerprint density at radius 1 is 1.30 bits per heavy atom. The van der Waals surface area contributed by atoms with Crippen LogP contribution in [0, 0.1) is 6.92 Å². The predicted octanol–water partition coefficient (Wildman–Crippen LogP) is 5.06. The van der Waals surface area contributed by atoms with Crippen molar-refractivity contribution in [2.24, 2.45) is 0 Å². The van der Waals surface area contributed by atoms with Gasteiger partial charge in [0.25, 0.3) is 0 Å². The molecule has 1 aliphatic heterocycles. The Morgan fingerprint density at radius 3 is 2.96 bits per heavy atom. The van der Waals surface area contributed by atoms with Gasteiger partial charge in [0.1, 0.15) is 5.82 Å². The van der Waals surface area contributed by atoms with E-state index in [1.807, 2.05) is 18.3 Å². The molecule has 2 aromatic rings. The molecule has 122 valence electrons. The largest absolute Gasteiger partial charge is 0.353 e. The Balaban J connectivity index is 1.82. The summed E-state index contributed by atoms with van der Waals surface area (Å²) in [5.74, 6) is 1.67. The van der Waals surface area contributed by atoms with Crippen molar-refractivity contribution in [3.8, 4) is 0 Å². The number of nitrogens with zero attached hydrogens (tertiary/aromatic N) is 3. The third-order valence-electron chi connectivity index (χ3n) is 4.40. The molecule has 1 aliphatic rings. The Kier molecular flexibility index (Phi) is 5.16. The van der Waals surface area contributed by atoms with Crippen molar-refractivity contribution in [3.63, 3.8) is 0 Å². The molecule has 2 heterocycles. The van der Waals surface area contributed by atoms with Crippen LogP contribution in [-0.4, -0.2) is 22.6 Å². The lowest BCUT2D eigenvalue weighted by Gasteiger charge is -2.36. The Bertz CT molecular complexity index is 674. The van der Waals surface area contributed by atoms with Gasteiger partial charge in [-0.3, -0.25) is 0 Å². The summed E-state index contributed by atoms with van der Waals surface area (Å²) in [6, 6.07) is 8.82. The van der Waals surface area contributed by atoms with E-state index in [-0.39, 0.29) is 0 Å². The van der Waals surface area contributed by atoms with Crippen LogP contribution in [0.5, 0.6) is 0 Å². The third-order valence-corrected chi connectivity index (χ3v) is 5.06. The second-order valence-electron chi connectivity index (χ2n) is 6.10. The molecule has 0 aliphatic carbocycles. The van der Waals surface area contributed by atoms with Crippen LogP contribution in [0.15, 0.2) is 34.9 Å². The molecule has 4 nitrogen and oxygen atoms in total. The summed E-state index contributed by atoms with van der Waals surface area (Å²) in [6.07, 6.45) is 6.82. The lowest BCUT2D eigenvalue weighted by molar-refractivity contribution is 0.447. The van der Waals surface area contributed by atoms with E-state index in [1.54, 1.807) is 0 Å². The molecule has 23 heavy (non-hydrogen) atoms. The van der Waals surface area contributed by atoms with E-state index in [0.29, 0.717) is 12.0 Å². The van der Waals surface area contributed by atoms with Crippen molar-refractivity contribution in [3.05, 3.63) is 40.5 Å². The Morgan fingerprint density at radius 2 is 2.17 bits per heavy atom. The van der Waals surface area contributed by atoms with Crippen molar-refractivity contribution in [2.75, 3.05) is 16.8 Å². The molecule has 1 aromatic carbocycles. The second-order valence-corrected chi connectivity index (χ2v) is 6.95. The number of hydrogen-bond acceptors (Lipinski definition) is 4. The molecule has 1 aromatic heterocycles. The summed E-state index contributed by atoms with van der Waals surface area (Å²) in [5.41, 5.74) is 2.20. The second kappa shape index (κ2) is 7.30. The van der Waals surface area contributed by atoms with Crippen LogP contribution in [0.1, 0.15) is 38.2 Å². The summed E-state index contributed by atoms with van der Waals surface area (Å²) in [7, 11) is 0. The molecular formula is C18H23BrN4. The lowest BCUT2D eigenvalue weighted by atomic mass is 10.0. The molecular weight excluding hydrogens is 352 g/mol. The minimum atomic E-state index is 0.595. The van der Waals surface area contributed by atoms with Gasteiger partial charge in [0.15, 0.2) is 0 Å². The normalized spacial score (nSPS) is 18.0. The molecule has 0 radical (unpaired) electrons. The van der Waals surface area contributed by atoms with Crippen LogP contribution < -0.4 is 10.2 Å². The minimum Gasteiger partial charge on any atom is -0.353 e. The van der Waals surface area contributed by atoms with Gasteiger partial charge < -0.3 is 10.2 Å². The van der Waals surface area contributed by atoms with Crippen LogP contribution in [-0.2, 0) is 0 Å². The number of piperidine rings is 1. The number of anilines is 3. The highest BCUT2D eigenvalue weighted by Gasteiger charge is 2.22. The van der Waals surface area contributed by atoms with Gasteiger partial charge in [-0.25, -0.2) is 4.98 Å². The van der Waals surface area contributed by atoms with Crippen molar-refractivity contribution in [1.29, 1.82) is 0 Å². The summed E-state index contributed by atoms with van der Waals surface area (Å²) < 4.78 is 1.02. The molecule has 1 fully saturated rings. The number of halogens is 1. The van der Waals surface area contributed by atoms with Gasteiger partial charge in [-0.15, -0.1) is 0 Å². The van der Waals surface area contributed by atoms with E-state index in [0.717, 1.165) is 28.9 Å². The van der Waals surface area contributed by atoms with E-state index in [4.69, 9.17) is 4.98 Å². The summed E-state index contributed by atoms with van der Waals surface area (Å²) in [6.45, 7) is 5.42. The van der Waals surface area contributed by atoms with Crippen LogP contribution in [0.25, 0.3) is 0 Å². The number of aromatic nitrogens is 2. The molecule has 0 bridgehead atoms. The number of nitrogens with one attached hydrogen (secondary N) is 1. The van der Waals surface area contributed by atoms with E-state index < -0.39 is 0 Å². The van der Waals surface area contributed by atoms with E-state index >= 15 is 0 Å². The molecule has 0 amide bonds. The Labute approximate surface area is 146 Å². The fraction of sp³-hybridized carbons (Fsp3) is 0.444. The van der Waals surface area contributed by atoms with Crippen LogP contribution in [0.4, 0.5) is 17.5 Å². The number of rotatable bonds is 4. The first-order chi connectivity index (χ1) is 11.2. The molecule has 1 unspecified atom stereocenters. The van der Waals surface area contributed by atoms with Gasteiger partial charge >= 0.3 is 0 Å². The quantitative estimate of drug-likeness (QED) is 0.811. The lowest BCUT2D eigenvalue weighted by Crippen LogP contribution is -2.39. The maximum absolute atomic E-state index is 4.74. The first kappa shape index (κ1) is 16.2. The molecule has 3 rings (SSSR count). The number of hydrogen-bond donors (Lipinski definition) is 1. The van der Waals surface area contributed by atoms with Crippen molar-refractivity contribution >= 4 is 33.4 Å². The molecule has 1 N–H and O–H groups in total. The smallest absolute Gasteiger partial charge is 0.229 e. The zero-order valence-electron chi connectivity index (χ0n) is 13.7. The molecule has 5 heteroatoms. The third kappa shape index (κ3) is 3.83. The van der Waals surface area contributed by atoms with Gasteiger partial charge in [0, 0.05) is 23.3 Å². The number of aryl methyl sites for hydroxylation is 1. The fourth-order valence-corrected chi connectivity index (χ4v) is 3.73. The monoisotopic (exact) mass is 374 g/mol. The van der Waals surface area contributed by atoms with E-state index in [2.05, 4.69) is 57.1 Å². The molecule has 0 spiro atoms. The van der Waals surface area contributed by atoms with E-state index in [9.17, 15) is 0 Å². The van der Waals surface area contributed by atoms with Crippen LogP contribution in [0.3, 0.4) is 0 Å². The highest BCUT2D eigenvalue weighted by atomic mass is 79.9. The van der Waals surface area contributed by atoms with Gasteiger partial charge in [-0.1, -0.05) is 13.0 Å².